The molecule has 0 bridgehead atoms. The van der Waals surface area contributed by atoms with E-state index in [9.17, 15) is 4.79 Å². The molecule has 2 N–H and O–H groups in total. The van der Waals surface area contributed by atoms with E-state index in [0.717, 1.165) is 56.0 Å². The van der Waals surface area contributed by atoms with Crippen LogP contribution in [-0.4, -0.2) is 56.3 Å². The van der Waals surface area contributed by atoms with Gasteiger partial charge in [-0.15, -0.1) is 0 Å². The molecule has 35 heavy (non-hydrogen) atoms. The molecule has 0 radical (unpaired) electrons. The summed E-state index contributed by atoms with van der Waals surface area (Å²) < 4.78 is 5.58. The number of fused-ring (bicyclic) bond motifs is 1. The number of hydrogen-bond donors (Lipinski definition) is 2. The second kappa shape index (κ2) is 9.89. The first-order valence-electron chi connectivity index (χ1n) is 12.4. The van der Waals surface area contributed by atoms with Crippen molar-refractivity contribution in [3.8, 4) is 5.88 Å². The molecule has 1 atom stereocenters. The average Bonchev–Trinajstić information content (AvgIpc) is 3.62. The Bertz CT molecular complexity index is 1180. The second-order valence-corrected chi connectivity index (χ2v) is 9.16. The van der Waals surface area contributed by atoms with E-state index in [2.05, 4.69) is 39.2 Å². The molecule has 0 spiro atoms. The Kier molecular flexibility index (Phi) is 6.52. The third kappa shape index (κ3) is 4.52. The van der Waals surface area contributed by atoms with Gasteiger partial charge in [0.05, 0.1) is 18.5 Å². The van der Waals surface area contributed by atoms with Crippen molar-refractivity contribution < 1.29 is 9.53 Å². The summed E-state index contributed by atoms with van der Waals surface area (Å²) in [4.78, 5) is 31.9. The number of H-pyrrole nitrogens is 1. The number of anilines is 4. The van der Waals surface area contributed by atoms with E-state index in [1.54, 1.807) is 18.5 Å². The molecule has 0 aromatic carbocycles. The molecule has 10 heteroatoms. The molecule has 5 rings (SSSR count). The zero-order valence-electron chi connectivity index (χ0n) is 20.5. The van der Waals surface area contributed by atoms with Crippen LogP contribution in [0.25, 0.3) is 0 Å². The standard InChI is InChI=1S/C25H32N8O2/c1-4-35-24-19(10-6-13-26-24)28-23(34)20-11-7-15-32(20)25-29-18-9-5-8-17(18)22(30-25)33(16(2)3)21-12-14-27-31-21/h6,10,12-14,16,20H,4-5,7-9,11,15H2,1-3H3,(H,27,31)(H,28,34). The van der Waals surface area contributed by atoms with Crippen molar-refractivity contribution in [2.24, 2.45) is 0 Å². The quantitative estimate of drug-likeness (QED) is 0.507. The van der Waals surface area contributed by atoms with Gasteiger partial charge in [-0.1, -0.05) is 0 Å². The summed E-state index contributed by atoms with van der Waals surface area (Å²) in [5.74, 6) is 2.74. The van der Waals surface area contributed by atoms with Crippen LogP contribution in [-0.2, 0) is 17.6 Å². The first kappa shape index (κ1) is 23.1. The molecule has 1 unspecified atom stereocenters. The van der Waals surface area contributed by atoms with Crippen LogP contribution >= 0.6 is 0 Å². The van der Waals surface area contributed by atoms with E-state index in [4.69, 9.17) is 14.7 Å². The van der Waals surface area contributed by atoms with Gasteiger partial charge in [0.2, 0.25) is 17.7 Å². The van der Waals surface area contributed by atoms with Crippen molar-refractivity contribution in [1.82, 2.24) is 25.1 Å². The third-order valence-electron chi connectivity index (χ3n) is 6.51. The monoisotopic (exact) mass is 476 g/mol. The highest BCUT2D eigenvalue weighted by Gasteiger charge is 2.35. The molecule has 3 aromatic rings. The van der Waals surface area contributed by atoms with Crippen molar-refractivity contribution in [2.45, 2.75) is 65.0 Å². The zero-order chi connectivity index (χ0) is 24.4. The number of nitrogens with zero attached hydrogens (tertiary/aromatic N) is 6. The highest BCUT2D eigenvalue weighted by atomic mass is 16.5. The minimum absolute atomic E-state index is 0.101. The Morgan fingerprint density at radius 3 is 2.91 bits per heavy atom. The van der Waals surface area contributed by atoms with E-state index in [1.807, 2.05) is 24.0 Å². The van der Waals surface area contributed by atoms with Crippen LogP contribution in [0.3, 0.4) is 0 Å². The van der Waals surface area contributed by atoms with Gasteiger partial charge in [0, 0.05) is 30.4 Å². The Hall–Kier alpha value is -3.69. The van der Waals surface area contributed by atoms with Crippen LogP contribution in [0.5, 0.6) is 5.88 Å². The minimum Gasteiger partial charge on any atom is -0.476 e. The molecule has 184 valence electrons. The first-order chi connectivity index (χ1) is 17.1. The largest absolute Gasteiger partial charge is 0.476 e. The second-order valence-electron chi connectivity index (χ2n) is 9.16. The van der Waals surface area contributed by atoms with E-state index in [1.165, 1.54) is 5.56 Å². The third-order valence-corrected chi connectivity index (χ3v) is 6.51. The highest BCUT2D eigenvalue weighted by Crippen LogP contribution is 2.36. The summed E-state index contributed by atoms with van der Waals surface area (Å²) in [5.41, 5.74) is 2.84. The van der Waals surface area contributed by atoms with Gasteiger partial charge in [0.15, 0.2) is 0 Å². The molecule has 3 aromatic heterocycles. The van der Waals surface area contributed by atoms with Gasteiger partial charge < -0.3 is 19.9 Å². The van der Waals surface area contributed by atoms with Gasteiger partial charge >= 0.3 is 0 Å². The minimum atomic E-state index is -0.364. The number of pyridine rings is 1. The lowest BCUT2D eigenvalue weighted by Gasteiger charge is -2.30. The molecule has 0 saturated carbocycles. The van der Waals surface area contributed by atoms with E-state index in [0.29, 0.717) is 24.1 Å². The molecule has 2 aliphatic rings. The van der Waals surface area contributed by atoms with Crippen LogP contribution < -0.4 is 19.9 Å². The van der Waals surface area contributed by atoms with E-state index < -0.39 is 0 Å². The Balaban J connectivity index is 1.47. The maximum atomic E-state index is 13.4. The van der Waals surface area contributed by atoms with Crippen LogP contribution in [0.4, 0.5) is 23.3 Å². The van der Waals surface area contributed by atoms with E-state index in [-0.39, 0.29) is 18.0 Å². The summed E-state index contributed by atoms with van der Waals surface area (Å²) in [6.07, 6.45) is 7.97. The smallest absolute Gasteiger partial charge is 0.247 e. The van der Waals surface area contributed by atoms with Crippen LogP contribution in [0, 0.1) is 0 Å². The van der Waals surface area contributed by atoms with E-state index >= 15 is 0 Å². The number of hydrogen-bond acceptors (Lipinski definition) is 8. The van der Waals surface area contributed by atoms with Crippen LogP contribution in [0.15, 0.2) is 30.6 Å². The van der Waals surface area contributed by atoms with Gasteiger partial charge in [-0.2, -0.15) is 10.1 Å². The predicted molar refractivity (Wildman–Crippen MR) is 134 cm³/mol. The number of aromatic amines is 1. The molecule has 10 nitrogen and oxygen atoms in total. The fourth-order valence-electron chi connectivity index (χ4n) is 4.98. The number of carbonyl (C=O) groups excluding carboxylic acids is 1. The van der Waals surface area contributed by atoms with Gasteiger partial charge in [-0.25, -0.2) is 9.97 Å². The Morgan fingerprint density at radius 2 is 2.14 bits per heavy atom. The summed E-state index contributed by atoms with van der Waals surface area (Å²) >= 11 is 0. The maximum Gasteiger partial charge on any atom is 0.247 e. The average molecular weight is 477 g/mol. The highest BCUT2D eigenvalue weighted by molar-refractivity contribution is 5.97. The molecule has 1 amide bonds. The topological polar surface area (TPSA) is 112 Å². The first-order valence-corrected chi connectivity index (χ1v) is 12.4. The maximum absolute atomic E-state index is 13.4. The molecule has 4 heterocycles. The number of aromatic nitrogens is 5. The van der Waals surface area contributed by atoms with Crippen molar-refractivity contribution >= 4 is 29.2 Å². The summed E-state index contributed by atoms with van der Waals surface area (Å²) in [6.45, 7) is 7.38. The number of rotatable bonds is 8. The molecule has 1 aliphatic carbocycles. The number of amides is 1. The Labute approximate surface area is 205 Å². The van der Waals surface area contributed by atoms with Gasteiger partial charge in [0.1, 0.15) is 23.4 Å². The van der Waals surface area contributed by atoms with Crippen LogP contribution in [0.2, 0.25) is 0 Å². The van der Waals surface area contributed by atoms with Crippen LogP contribution in [0.1, 0.15) is 51.3 Å². The fraction of sp³-hybridized carbons (Fsp3) is 0.480. The molecule has 1 aliphatic heterocycles. The number of carbonyl (C=O) groups is 1. The fourth-order valence-corrected chi connectivity index (χ4v) is 4.98. The summed E-state index contributed by atoms with van der Waals surface area (Å²) in [6, 6.07) is 5.36. The van der Waals surface area contributed by atoms with Gasteiger partial charge in [0.25, 0.3) is 0 Å². The number of nitrogens with one attached hydrogen (secondary N) is 2. The van der Waals surface area contributed by atoms with Gasteiger partial charge in [-0.05, 0) is 65.0 Å². The summed E-state index contributed by atoms with van der Waals surface area (Å²) in [7, 11) is 0. The molecular weight excluding hydrogens is 444 g/mol. The molecular formula is C25H32N8O2. The lowest BCUT2D eigenvalue weighted by molar-refractivity contribution is -0.117. The Morgan fingerprint density at radius 1 is 1.26 bits per heavy atom. The van der Waals surface area contributed by atoms with Crippen molar-refractivity contribution in [3.05, 3.63) is 41.9 Å². The SMILES string of the molecule is CCOc1ncccc1NC(=O)C1CCCN1c1nc2c(c(N(c3ccn[nH]3)C(C)C)n1)CCC2. The predicted octanol–water partition coefficient (Wildman–Crippen LogP) is 3.64. The van der Waals surface area contributed by atoms with Crippen molar-refractivity contribution in [1.29, 1.82) is 0 Å². The molecule has 1 fully saturated rings. The normalized spacial score (nSPS) is 17.0. The van der Waals surface area contributed by atoms with Crippen molar-refractivity contribution in [2.75, 3.05) is 28.3 Å². The molecule has 1 saturated heterocycles. The number of aryl methyl sites for hydroxylation is 1. The van der Waals surface area contributed by atoms with Gasteiger partial charge in [-0.3, -0.25) is 9.89 Å². The lowest BCUT2D eigenvalue weighted by atomic mass is 10.2. The van der Waals surface area contributed by atoms with Crippen molar-refractivity contribution in [3.63, 3.8) is 0 Å². The zero-order valence-corrected chi connectivity index (χ0v) is 20.5. The summed E-state index contributed by atoms with van der Waals surface area (Å²) in [5, 5.41) is 10.3. The lowest BCUT2D eigenvalue weighted by Crippen LogP contribution is -2.41. The number of ether oxygens (including phenoxy) is 1.